The minimum Gasteiger partial charge on any atom is -0.756 e. The third-order valence-electron chi connectivity index (χ3n) is 8.46. The SMILES string of the molecule is CCCCCCCCCCCCCCCCCCCCCCCCCCOCC(COP(=O)([O-])OCC[N+](C)(C)C)OC(=O)CC. The zero-order valence-electron chi connectivity index (χ0n) is 31.0. The first-order chi connectivity index (χ1) is 22.1. The molecule has 0 heterocycles. The van der Waals surface area contributed by atoms with Gasteiger partial charge >= 0.3 is 5.97 Å². The smallest absolute Gasteiger partial charge is 0.305 e. The maximum absolute atomic E-state index is 12.1. The van der Waals surface area contributed by atoms with Crippen LogP contribution in [-0.4, -0.2) is 70.7 Å². The van der Waals surface area contributed by atoms with E-state index in [1.807, 2.05) is 21.1 Å². The summed E-state index contributed by atoms with van der Waals surface area (Å²) < 4.78 is 33.5. The maximum Gasteiger partial charge on any atom is 0.305 e. The normalized spacial score (nSPS) is 14.0. The highest BCUT2D eigenvalue weighted by Crippen LogP contribution is 2.38. The third-order valence-corrected chi connectivity index (χ3v) is 9.43. The first kappa shape index (κ1) is 45.5. The minimum absolute atomic E-state index is 0.0275. The Labute approximate surface area is 285 Å². The molecule has 0 saturated heterocycles. The van der Waals surface area contributed by atoms with Gasteiger partial charge in [0.2, 0.25) is 0 Å². The van der Waals surface area contributed by atoms with Crippen LogP contribution in [0.5, 0.6) is 0 Å². The Bertz CT molecular complexity index is 716. The number of phosphoric ester groups is 1. The number of carbonyl (C=O) groups is 1. The average molecular weight is 678 g/mol. The van der Waals surface area contributed by atoms with Gasteiger partial charge in [-0.3, -0.25) is 9.36 Å². The number of hydrogen-bond acceptors (Lipinski definition) is 7. The van der Waals surface area contributed by atoms with Gasteiger partial charge in [-0.2, -0.15) is 0 Å². The Hall–Kier alpha value is -0.500. The van der Waals surface area contributed by atoms with Crippen LogP contribution in [0.3, 0.4) is 0 Å². The van der Waals surface area contributed by atoms with E-state index in [1.165, 1.54) is 141 Å². The molecule has 0 N–H and O–H groups in total. The molecule has 276 valence electrons. The topological polar surface area (TPSA) is 94.1 Å². The molecule has 0 aromatic heterocycles. The van der Waals surface area contributed by atoms with Gasteiger partial charge in [-0.05, 0) is 6.42 Å². The van der Waals surface area contributed by atoms with Gasteiger partial charge in [-0.1, -0.05) is 162 Å². The molecular weight excluding hydrogens is 601 g/mol. The highest BCUT2D eigenvalue weighted by molar-refractivity contribution is 7.45. The largest absolute Gasteiger partial charge is 0.756 e. The summed E-state index contributed by atoms with van der Waals surface area (Å²) >= 11 is 0. The van der Waals surface area contributed by atoms with Crippen molar-refractivity contribution in [2.75, 3.05) is 54.1 Å². The second-order valence-electron chi connectivity index (χ2n) is 14.3. The molecule has 0 aromatic carbocycles. The number of rotatable bonds is 36. The van der Waals surface area contributed by atoms with Crippen LogP contribution in [0.15, 0.2) is 0 Å². The van der Waals surface area contributed by atoms with Gasteiger partial charge in [0.15, 0.2) is 0 Å². The van der Waals surface area contributed by atoms with Crippen molar-refractivity contribution < 1.29 is 37.3 Å². The van der Waals surface area contributed by atoms with E-state index in [1.54, 1.807) is 6.92 Å². The van der Waals surface area contributed by atoms with Crippen molar-refractivity contribution in [3.05, 3.63) is 0 Å². The standard InChI is InChI=1S/C37H76NO7P/c1-6-8-9-10-11-12-13-14-15-16-17-18-19-20-21-22-23-24-25-26-27-28-29-30-32-42-34-36(45-37(39)7-2)35-44-46(40,41)43-33-31-38(3,4)5/h36H,6-35H2,1-5H3. The Morgan fingerprint density at radius 2 is 0.978 bits per heavy atom. The predicted molar refractivity (Wildman–Crippen MR) is 190 cm³/mol. The summed E-state index contributed by atoms with van der Waals surface area (Å²) in [7, 11) is 1.36. The monoisotopic (exact) mass is 678 g/mol. The molecule has 2 atom stereocenters. The summed E-state index contributed by atoms with van der Waals surface area (Å²) in [6.07, 6.45) is 32.1. The van der Waals surface area contributed by atoms with E-state index < -0.39 is 19.9 Å². The second-order valence-corrected chi connectivity index (χ2v) is 15.7. The highest BCUT2D eigenvalue weighted by atomic mass is 31.2. The molecule has 0 bridgehead atoms. The van der Waals surface area contributed by atoms with Crippen molar-refractivity contribution >= 4 is 13.8 Å². The van der Waals surface area contributed by atoms with E-state index in [9.17, 15) is 14.3 Å². The lowest BCUT2D eigenvalue weighted by Gasteiger charge is -2.28. The van der Waals surface area contributed by atoms with E-state index in [0.717, 1.165) is 12.8 Å². The zero-order valence-corrected chi connectivity index (χ0v) is 31.9. The third kappa shape index (κ3) is 34.8. The Morgan fingerprint density at radius 1 is 0.587 bits per heavy atom. The minimum atomic E-state index is -4.48. The lowest BCUT2D eigenvalue weighted by atomic mass is 10.0. The molecule has 8 nitrogen and oxygen atoms in total. The van der Waals surface area contributed by atoms with Gasteiger partial charge in [0, 0.05) is 13.0 Å². The van der Waals surface area contributed by atoms with Crippen LogP contribution < -0.4 is 4.89 Å². The average Bonchev–Trinajstić information content (AvgIpc) is 3.00. The fraction of sp³-hybridized carbons (Fsp3) is 0.973. The van der Waals surface area contributed by atoms with Crippen molar-refractivity contribution in [3.63, 3.8) is 0 Å². The summed E-state index contributed by atoms with van der Waals surface area (Å²) in [6.45, 7) is 4.87. The maximum atomic E-state index is 12.1. The Kier molecular flexibility index (Phi) is 31.4. The Morgan fingerprint density at radius 3 is 1.35 bits per heavy atom. The molecule has 0 radical (unpaired) electrons. The molecule has 9 heteroatoms. The number of carbonyl (C=O) groups excluding carboxylic acids is 1. The molecule has 0 aliphatic carbocycles. The number of nitrogens with zero attached hydrogens (tertiary/aromatic N) is 1. The van der Waals surface area contributed by atoms with Crippen LogP contribution in [0.1, 0.15) is 174 Å². The van der Waals surface area contributed by atoms with Gasteiger partial charge in [0.05, 0.1) is 34.4 Å². The van der Waals surface area contributed by atoms with Crippen LogP contribution in [-0.2, 0) is 27.9 Å². The predicted octanol–water partition coefficient (Wildman–Crippen LogP) is 9.91. The quantitative estimate of drug-likeness (QED) is 0.0282. The second kappa shape index (κ2) is 31.7. The number of unbranched alkanes of at least 4 members (excludes halogenated alkanes) is 23. The van der Waals surface area contributed by atoms with E-state index in [2.05, 4.69) is 6.92 Å². The van der Waals surface area contributed by atoms with Crippen LogP contribution in [0, 0.1) is 0 Å². The first-order valence-corrected chi connectivity index (χ1v) is 20.7. The van der Waals surface area contributed by atoms with Crippen LogP contribution in [0.4, 0.5) is 0 Å². The molecule has 0 spiro atoms. The first-order valence-electron chi connectivity index (χ1n) is 19.3. The zero-order chi connectivity index (χ0) is 34.2. The number of esters is 1. The van der Waals surface area contributed by atoms with Crippen LogP contribution in [0.25, 0.3) is 0 Å². The van der Waals surface area contributed by atoms with Crippen molar-refractivity contribution in [1.82, 2.24) is 0 Å². The van der Waals surface area contributed by atoms with Crippen LogP contribution in [0.2, 0.25) is 0 Å². The summed E-state index contributed by atoms with van der Waals surface area (Å²) in [5.41, 5.74) is 0. The Balaban J connectivity index is 3.59. The number of quaternary nitrogens is 1. The fourth-order valence-electron chi connectivity index (χ4n) is 5.40. The summed E-state index contributed by atoms with van der Waals surface area (Å²) in [4.78, 5) is 23.8. The molecular formula is C37H76NO7P. The molecule has 0 aromatic rings. The van der Waals surface area contributed by atoms with Gasteiger partial charge in [0.1, 0.15) is 19.3 Å². The van der Waals surface area contributed by atoms with Crippen molar-refractivity contribution in [1.29, 1.82) is 0 Å². The van der Waals surface area contributed by atoms with E-state index in [4.69, 9.17) is 18.5 Å². The van der Waals surface area contributed by atoms with Gasteiger partial charge < -0.3 is 27.9 Å². The summed E-state index contributed by atoms with van der Waals surface area (Å²) in [5.74, 6) is -0.418. The number of hydrogen-bond donors (Lipinski definition) is 0. The lowest BCUT2D eigenvalue weighted by molar-refractivity contribution is -0.870. The molecule has 0 rings (SSSR count). The van der Waals surface area contributed by atoms with Crippen LogP contribution >= 0.6 is 7.82 Å². The lowest BCUT2D eigenvalue weighted by Crippen LogP contribution is -2.37. The number of ether oxygens (including phenoxy) is 2. The summed E-state index contributed by atoms with van der Waals surface area (Å²) in [6, 6.07) is 0. The molecule has 46 heavy (non-hydrogen) atoms. The molecule has 0 aliphatic rings. The summed E-state index contributed by atoms with van der Waals surface area (Å²) in [5, 5.41) is 0. The van der Waals surface area contributed by atoms with E-state index in [0.29, 0.717) is 17.6 Å². The molecule has 2 unspecified atom stereocenters. The molecule has 0 saturated carbocycles. The van der Waals surface area contributed by atoms with E-state index >= 15 is 0 Å². The van der Waals surface area contributed by atoms with Crippen molar-refractivity contribution in [2.45, 2.75) is 180 Å². The van der Waals surface area contributed by atoms with Crippen molar-refractivity contribution in [3.8, 4) is 0 Å². The highest BCUT2D eigenvalue weighted by Gasteiger charge is 2.19. The molecule has 0 amide bonds. The number of phosphoric acid groups is 1. The van der Waals surface area contributed by atoms with Gasteiger partial charge in [0.25, 0.3) is 7.82 Å². The van der Waals surface area contributed by atoms with Gasteiger partial charge in [-0.15, -0.1) is 0 Å². The van der Waals surface area contributed by atoms with Crippen molar-refractivity contribution in [2.24, 2.45) is 0 Å². The van der Waals surface area contributed by atoms with E-state index in [-0.39, 0.29) is 26.2 Å². The molecule has 0 fully saturated rings. The van der Waals surface area contributed by atoms with Gasteiger partial charge in [-0.25, -0.2) is 0 Å². The molecule has 0 aliphatic heterocycles. The fourth-order valence-corrected chi connectivity index (χ4v) is 6.13. The number of likely N-dealkylation sites (N-methyl/N-ethyl adjacent to an activating group) is 1.